The van der Waals surface area contributed by atoms with Gasteiger partial charge in [-0.05, 0) is 31.4 Å². The average molecular weight is 471 g/mol. The molecule has 0 aliphatic carbocycles. The van der Waals surface area contributed by atoms with E-state index in [1.807, 2.05) is 52.0 Å². The predicted molar refractivity (Wildman–Crippen MR) is 133 cm³/mol. The molecule has 0 saturated carbocycles. The molecule has 2 heterocycles. The van der Waals surface area contributed by atoms with Gasteiger partial charge in [0, 0.05) is 13.1 Å². The molecule has 0 bridgehead atoms. The van der Waals surface area contributed by atoms with Crippen LogP contribution in [0.1, 0.15) is 39.3 Å². The number of hydrogen-bond donors (Lipinski definition) is 2. The van der Waals surface area contributed by atoms with Gasteiger partial charge in [-0.15, -0.1) is 0 Å². The summed E-state index contributed by atoms with van der Waals surface area (Å²) in [5.41, 5.74) is 7.32. The van der Waals surface area contributed by atoms with Gasteiger partial charge in [-0.25, -0.2) is 14.8 Å². The van der Waals surface area contributed by atoms with Crippen LogP contribution < -0.4 is 21.9 Å². The third-order valence-electron chi connectivity index (χ3n) is 5.10. The molecule has 1 aromatic carbocycles. The Morgan fingerprint density at radius 2 is 1.88 bits per heavy atom. The minimum absolute atomic E-state index is 0.00794. The number of nitrogen functional groups attached to an aromatic ring is 1. The first kappa shape index (κ1) is 24.5. The highest BCUT2D eigenvalue weighted by Gasteiger charge is 2.24. The van der Waals surface area contributed by atoms with Crippen molar-refractivity contribution < 1.29 is 4.79 Å². The van der Waals surface area contributed by atoms with Crippen molar-refractivity contribution in [2.45, 2.75) is 52.1 Å². The molecule has 1 amide bonds. The molecule has 0 radical (unpaired) electrons. The number of nitrogens with zero attached hydrogens (tertiary/aromatic N) is 4. The number of aryl methyl sites for hydroxylation is 1. The fourth-order valence-corrected chi connectivity index (χ4v) is 4.31. The fraction of sp³-hybridized carbons (Fsp3) is 0.435. The first-order valence-electron chi connectivity index (χ1n) is 11.0. The van der Waals surface area contributed by atoms with Gasteiger partial charge >= 0.3 is 5.69 Å². The van der Waals surface area contributed by atoms with E-state index in [-0.39, 0.29) is 29.1 Å². The fourth-order valence-electron chi connectivity index (χ4n) is 3.48. The number of carbonyl (C=O) groups excluding carboxylic acids is 1. The second-order valence-electron chi connectivity index (χ2n) is 8.29. The lowest BCUT2D eigenvalue weighted by Crippen LogP contribution is -2.42. The Morgan fingerprint density at radius 3 is 2.52 bits per heavy atom. The van der Waals surface area contributed by atoms with Crippen LogP contribution in [-0.4, -0.2) is 37.7 Å². The summed E-state index contributed by atoms with van der Waals surface area (Å²) in [5.74, 6) is -0.0865. The highest BCUT2D eigenvalue weighted by Crippen LogP contribution is 2.24. The number of hydrogen-bond acceptors (Lipinski definition) is 7. The van der Waals surface area contributed by atoms with E-state index < -0.39 is 11.2 Å². The SMILES string of the molecule is CCCCN(C(=O)CSc1nc2ccccc2nc1C)c1c(N)n(CC(C)C)c(=O)[nH]c1=O. The number of thioether (sulfide) groups is 1. The number of unbranched alkanes of at least 4 members (excludes halogenated alkanes) is 1. The van der Waals surface area contributed by atoms with Gasteiger partial charge in [0.2, 0.25) is 5.91 Å². The number of rotatable bonds is 9. The molecule has 3 rings (SSSR count). The average Bonchev–Trinajstić information content (AvgIpc) is 2.76. The van der Waals surface area contributed by atoms with Gasteiger partial charge in [0.1, 0.15) is 10.8 Å². The zero-order valence-electron chi connectivity index (χ0n) is 19.4. The minimum Gasteiger partial charge on any atom is -0.383 e. The number of fused-ring (bicyclic) bond motifs is 1. The Hall–Kier alpha value is -3.14. The predicted octanol–water partition coefficient (Wildman–Crippen LogP) is 2.95. The van der Waals surface area contributed by atoms with Crippen LogP contribution in [0.15, 0.2) is 38.9 Å². The molecular formula is C23H30N6O3S. The van der Waals surface area contributed by atoms with E-state index in [0.717, 1.165) is 23.1 Å². The van der Waals surface area contributed by atoms with Crippen molar-refractivity contribution in [3.8, 4) is 0 Å². The van der Waals surface area contributed by atoms with Gasteiger partial charge in [-0.2, -0.15) is 0 Å². The first-order chi connectivity index (χ1) is 15.7. The number of para-hydroxylation sites is 2. The molecule has 33 heavy (non-hydrogen) atoms. The number of H-pyrrole nitrogens is 1. The summed E-state index contributed by atoms with van der Waals surface area (Å²) in [6.45, 7) is 8.40. The molecule has 0 aliphatic heterocycles. The van der Waals surface area contributed by atoms with Crippen molar-refractivity contribution in [1.82, 2.24) is 19.5 Å². The molecule has 3 aromatic rings. The lowest BCUT2D eigenvalue weighted by molar-refractivity contribution is -0.116. The summed E-state index contributed by atoms with van der Waals surface area (Å²) in [7, 11) is 0. The normalized spacial score (nSPS) is 11.3. The molecule has 3 N–H and O–H groups in total. The molecule has 0 fully saturated rings. The molecule has 0 saturated heterocycles. The first-order valence-corrected chi connectivity index (χ1v) is 12.0. The Kier molecular flexibility index (Phi) is 7.91. The maximum absolute atomic E-state index is 13.3. The van der Waals surface area contributed by atoms with Crippen molar-refractivity contribution in [2.24, 2.45) is 5.92 Å². The number of anilines is 2. The van der Waals surface area contributed by atoms with Crippen molar-refractivity contribution in [2.75, 3.05) is 22.9 Å². The smallest absolute Gasteiger partial charge is 0.330 e. The van der Waals surface area contributed by atoms with Crippen molar-refractivity contribution in [3.63, 3.8) is 0 Å². The summed E-state index contributed by atoms with van der Waals surface area (Å²) in [5, 5.41) is 0.657. The van der Waals surface area contributed by atoms with Crippen LogP contribution in [0.4, 0.5) is 11.5 Å². The quantitative estimate of drug-likeness (QED) is 0.460. The second-order valence-corrected chi connectivity index (χ2v) is 9.25. The van der Waals surface area contributed by atoms with Gasteiger partial charge in [-0.1, -0.05) is 51.1 Å². The second kappa shape index (κ2) is 10.7. The standard InChI is InChI=1S/C23H30N6O3S/c1-5-6-11-28(19-20(24)29(12-14(2)3)23(32)27-21(19)31)18(30)13-33-22-15(4)25-16-9-7-8-10-17(16)26-22/h7-10,14H,5-6,11-13,24H2,1-4H3,(H,27,31,32). The molecule has 0 aliphatic rings. The molecule has 10 heteroatoms. The van der Waals surface area contributed by atoms with Crippen LogP contribution in [0, 0.1) is 12.8 Å². The number of carbonyl (C=O) groups is 1. The van der Waals surface area contributed by atoms with Gasteiger partial charge in [-0.3, -0.25) is 19.1 Å². The highest BCUT2D eigenvalue weighted by atomic mass is 32.2. The molecule has 9 nitrogen and oxygen atoms in total. The van der Waals surface area contributed by atoms with E-state index in [9.17, 15) is 14.4 Å². The molecule has 176 valence electrons. The molecule has 2 aromatic heterocycles. The van der Waals surface area contributed by atoms with Crippen LogP contribution in [0.2, 0.25) is 0 Å². The van der Waals surface area contributed by atoms with Gasteiger partial charge in [0.15, 0.2) is 5.69 Å². The molecular weight excluding hydrogens is 440 g/mol. The van der Waals surface area contributed by atoms with Crippen molar-refractivity contribution >= 4 is 40.2 Å². The number of nitrogens with two attached hydrogens (primary N) is 1. The van der Waals surface area contributed by atoms with Gasteiger partial charge in [0.25, 0.3) is 5.56 Å². The molecule has 0 spiro atoms. The largest absolute Gasteiger partial charge is 0.383 e. The summed E-state index contributed by atoms with van der Waals surface area (Å²) in [4.78, 5) is 51.2. The van der Waals surface area contributed by atoms with Crippen LogP contribution in [0.25, 0.3) is 11.0 Å². The number of nitrogens with one attached hydrogen (secondary N) is 1. The third kappa shape index (κ3) is 5.62. The van der Waals surface area contributed by atoms with E-state index in [0.29, 0.717) is 24.5 Å². The van der Waals surface area contributed by atoms with Crippen LogP contribution in [0.3, 0.4) is 0 Å². The summed E-state index contributed by atoms with van der Waals surface area (Å²) in [6.07, 6.45) is 1.52. The summed E-state index contributed by atoms with van der Waals surface area (Å²) < 4.78 is 1.32. The van der Waals surface area contributed by atoms with E-state index in [1.165, 1.54) is 21.2 Å². The Bertz CT molecular complexity index is 1270. The molecule has 0 atom stereocenters. The maximum Gasteiger partial charge on any atom is 0.330 e. The van der Waals surface area contributed by atoms with Crippen molar-refractivity contribution in [1.29, 1.82) is 0 Å². The van der Waals surface area contributed by atoms with Crippen LogP contribution >= 0.6 is 11.8 Å². The van der Waals surface area contributed by atoms with Crippen LogP contribution in [0.5, 0.6) is 0 Å². The monoisotopic (exact) mass is 470 g/mol. The lowest BCUT2D eigenvalue weighted by Gasteiger charge is -2.24. The molecule has 0 unspecified atom stereocenters. The zero-order chi connectivity index (χ0) is 24.1. The van der Waals surface area contributed by atoms with Gasteiger partial charge in [0.05, 0.1) is 22.5 Å². The topological polar surface area (TPSA) is 127 Å². The third-order valence-corrected chi connectivity index (χ3v) is 6.15. The van der Waals surface area contributed by atoms with Gasteiger partial charge < -0.3 is 10.6 Å². The summed E-state index contributed by atoms with van der Waals surface area (Å²) >= 11 is 1.27. The van der Waals surface area contributed by atoms with E-state index >= 15 is 0 Å². The number of aromatic amines is 1. The van der Waals surface area contributed by atoms with E-state index in [1.54, 1.807) is 0 Å². The Morgan fingerprint density at radius 1 is 1.21 bits per heavy atom. The highest BCUT2D eigenvalue weighted by molar-refractivity contribution is 8.00. The zero-order valence-corrected chi connectivity index (χ0v) is 20.2. The Labute approximate surface area is 196 Å². The van der Waals surface area contributed by atoms with Crippen LogP contribution in [-0.2, 0) is 11.3 Å². The number of benzene rings is 1. The number of aromatic nitrogens is 4. The lowest BCUT2D eigenvalue weighted by atomic mass is 10.2. The number of amides is 1. The van der Waals surface area contributed by atoms with Crippen molar-refractivity contribution in [3.05, 3.63) is 50.8 Å². The maximum atomic E-state index is 13.3. The van der Waals surface area contributed by atoms with E-state index in [2.05, 4.69) is 15.0 Å². The Balaban J connectivity index is 1.92. The summed E-state index contributed by atoms with van der Waals surface area (Å²) in [6, 6.07) is 7.56. The van der Waals surface area contributed by atoms with E-state index in [4.69, 9.17) is 5.73 Å². The minimum atomic E-state index is -0.659.